The highest BCUT2D eigenvalue weighted by atomic mass is 32.1. The first-order chi connectivity index (χ1) is 14.6. The number of nitrogens with zero attached hydrogens (tertiary/aromatic N) is 2. The second-order valence-corrected chi connectivity index (χ2v) is 9.78. The monoisotopic (exact) mass is 423 g/mol. The van der Waals surface area contributed by atoms with Crippen LogP contribution in [-0.4, -0.2) is 43.1 Å². The van der Waals surface area contributed by atoms with Crippen LogP contribution >= 0.6 is 11.3 Å². The van der Waals surface area contributed by atoms with Crippen LogP contribution < -0.4 is 21.3 Å². The van der Waals surface area contributed by atoms with Gasteiger partial charge in [-0.2, -0.15) is 0 Å². The van der Waals surface area contributed by atoms with Crippen LogP contribution in [0.25, 0.3) is 6.08 Å². The average Bonchev–Trinajstić information content (AvgIpc) is 3.09. The molecule has 158 valence electrons. The summed E-state index contributed by atoms with van der Waals surface area (Å²) in [6.07, 6.45) is 9.87. The van der Waals surface area contributed by atoms with E-state index in [1.165, 1.54) is 16.1 Å². The van der Waals surface area contributed by atoms with Crippen molar-refractivity contribution in [2.45, 2.75) is 38.6 Å². The number of carbonyl (C=O) groups is 1. The average molecular weight is 424 g/mol. The number of aromatic nitrogens is 1. The van der Waals surface area contributed by atoms with Crippen molar-refractivity contribution in [2.24, 2.45) is 5.92 Å². The topological polar surface area (TPSA) is 83.3 Å². The number of pyridine rings is 1. The van der Waals surface area contributed by atoms with E-state index < -0.39 is 0 Å². The van der Waals surface area contributed by atoms with E-state index in [9.17, 15) is 4.79 Å². The summed E-state index contributed by atoms with van der Waals surface area (Å²) in [6.45, 7) is 6.29. The maximum atomic E-state index is 13.0. The van der Waals surface area contributed by atoms with Gasteiger partial charge in [-0.3, -0.25) is 9.78 Å². The molecule has 4 N–H and O–H groups in total. The van der Waals surface area contributed by atoms with Gasteiger partial charge < -0.3 is 21.3 Å². The highest BCUT2D eigenvalue weighted by Gasteiger charge is 2.27. The second kappa shape index (κ2) is 8.04. The zero-order valence-electron chi connectivity index (χ0n) is 17.4. The summed E-state index contributed by atoms with van der Waals surface area (Å²) in [7, 11) is 0. The fraction of sp³-hybridized carbons (Fsp3) is 0.478. The first-order valence-electron chi connectivity index (χ1n) is 10.9. The van der Waals surface area contributed by atoms with Gasteiger partial charge in [0.05, 0.1) is 17.6 Å². The Labute approximate surface area is 181 Å². The Morgan fingerprint density at radius 1 is 1.33 bits per heavy atom. The van der Waals surface area contributed by atoms with Gasteiger partial charge in [-0.25, -0.2) is 0 Å². The summed E-state index contributed by atoms with van der Waals surface area (Å²) in [5.74, 6) is 0.456. The Balaban J connectivity index is 1.27. The first-order valence-corrected chi connectivity index (χ1v) is 11.7. The molecule has 2 aliphatic carbocycles. The van der Waals surface area contributed by atoms with Crippen LogP contribution in [0, 0.1) is 5.92 Å². The number of hydrogen-bond acceptors (Lipinski definition) is 6. The molecule has 0 saturated carbocycles. The summed E-state index contributed by atoms with van der Waals surface area (Å²) in [4.78, 5) is 22.0. The highest BCUT2D eigenvalue weighted by molar-refractivity contribution is 7.15. The molecule has 1 aliphatic heterocycles. The van der Waals surface area contributed by atoms with Gasteiger partial charge in [-0.1, -0.05) is 19.1 Å². The normalized spacial score (nSPS) is 23.0. The van der Waals surface area contributed by atoms with Crippen molar-refractivity contribution >= 4 is 34.7 Å². The SMILES string of the molecule is CC1C=Cc2c(sc(C(=O)N[C@@H]3CCc4cc(N5CCNCC5)cnc4C3)c2N)C1. The molecule has 2 aromatic rings. The van der Waals surface area contributed by atoms with Crippen LogP contribution in [0.5, 0.6) is 0 Å². The van der Waals surface area contributed by atoms with Crippen LogP contribution in [0.4, 0.5) is 11.4 Å². The van der Waals surface area contributed by atoms with Crippen molar-refractivity contribution in [3.63, 3.8) is 0 Å². The number of allylic oxidation sites excluding steroid dienone is 1. The quantitative estimate of drug-likeness (QED) is 0.707. The fourth-order valence-electron chi connectivity index (χ4n) is 4.69. The predicted molar refractivity (Wildman–Crippen MR) is 123 cm³/mol. The van der Waals surface area contributed by atoms with E-state index in [4.69, 9.17) is 10.7 Å². The van der Waals surface area contributed by atoms with Crippen LogP contribution in [-0.2, 0) is 19.3 Å². The number of nitrogens with two attached hydrogens (primary N) is 1. The van der Waals surface area contributed by atoms with E-state index in [-0.39, 0.29) is 11.9 Å². The molecule has 0 radical (unpaired) electrons. The minimum absolute atomic E-state index is 0.0427. The summed E-state index contributed by atoms with van der Waals surface area (Å²) in [5, 5.41) is 6.62. The van der Waals surface area contributed by atoms with E-state index in [0.717, 1.165) is 63.1 Å². The molecule has 2 aromatic heterocycles. The van der Waals surface area contributed by atoms with Crippen molar-refractivity contribution in [3.8, 4) is 0 Å². The second-order valence-electron chi connectivity index (χ2n) is 8.67. The van der Waals surface area contributed by atoms with Crippen molar-refractivity contribution < 1.29 is 4.79 Å². The number of thiophene rings is 1. The van der Waals surface area contributed by atoms with Gasteiger partial charge in [0.2, 0.25) is 0 Å². The summed E-state index contributed by atoms with van der Waals surface area (Å²) < 4.78 is 0. The number of nitrogen functional groups attached to an aromatic ring is 1. The summed E-state index contributed by atoms with van der Waals surface area (Å²) >= 11 is 1.55. The number of anilines is 2. The van der Waals surface area contributed by atoms with Gasteiger partial charge in [0, 0.05) is 54.8 Å². The van der Waals surface area contributed by atoms with Gasteiger partial charge in [-0.15, -0.1) is 11.3 Å². The zero-order valence-corrected chi connectivity index (χ0v) is 18.2. The molecule has 7 heteroatoms. The lowest BCUT2D eigenvalue weighted by molar-refractivity contribution is 0.0938. The molecule has 1 fully saturated rings. The zero-order chi connectivity index (χ0) is 20.7. The number of hydrogen-bond donors (Lipinski definition) is 3. The molecule has 3 aliphatic rings. The summed E-state index contributed by atoms with van der Waals surface area (Å²) in [5.41, 5.74) is 11.6. The standard InChI is InChI=1S/C23H29N5OS/c1-14-2-5-18-20(10-14)30-22(21(18)24)23(29)27-16-4-3-15-11-17(13-26-19(15)12-16)28-8-6-25-7-9-28/h2,5,11,13-14,16,25H,3-4,6-10,12,24H2,1H3,(H,27,29)/t14?,16-/m1/s1. The van der Waals surface area contributed by atoms with Crippen molar-refractivity contribution in [3.05, 3.63) is 44.9 Å². The molecular formula is C23H29N5OS. The lowest BCUT2D eigenvalue weighted by Gasteiger charge is -2.31. The Kier molecular flexibility index (Phi) is 5.25. The van der Waals surface area contributed by atoms with Gasteiger partial charge in [-0.05, 0) is 36.8 Å². The van der Waals surface area contributed by atoms with Crippen LogP contribution in [0.2, 0.25) is 0 Å². The van der Waals surface area contributed by atoms with Gasteiger partial charge >= 0.3 is 0 Å². The number of piperazine rings is 1. The van der Waals surface area contributed by atoms with Crippen LogP contribution in [0.1, 0.15) is 44.7 Å². The molecule has 2 atom stereocenters. The smallest absolute Gasteiger partial charge is 0.263 e. The molecule has 1 unspecified atom stereocenters. The van der Waals surface area contributed by atoms with E-state index in [1.54, 1.807) is 11.3 Å². The fourth-order valence-corrected chi connectivity index (χ4v) is 5.94. The molecule has 3 heterocycles. The minimum Gasteiger partial charge on any atom is -0.397 e. The largest absolute Gasteiger partial charge is 0.397 e. The number of nitrogens with one attached hydrogen (secondary N) is 2. The third-order valence-corrected chi connectivity index (χ3v) is 7.67. The van der Waals surface area contributed by atoms with E-state index in [0.29, 0.717) is 16.5 Å². The molecular weight excluding hydrogens is 394 g/mol. The van der Waals surface area contributed by atoms with Gasteiger partial charge in [0.25, 0.3) is 5.91 Å². The van der Waals surface area contributed by atoms with Crippen LogP contribution in [0.15, 0.2) is 18.3 Å². The van der Waals surface area contributed by atoms with Gasteiger partial charge in [0.1, 0.15) is 4.88 Å². The molecule has 1 saturated heterocycles. The number of carbonyl (C=O) groups excluding carboxylic acids is 1. The molecule has 1 amide bonds. The highest BCUT2D eigenvalue weighted by Crippen LogP contribution is 2.37. The van der Waals surface area contributed by atoms with Gasteiger partial charge in [0.15, 0.2) is 0 Å². The van der Waals surface area contributed by atoms with E-state index >= 15 is 0 Å². The molecule has 0 spiro atoms. The number of fused-ring (bicyclic) bond motifs is 2. The minimum atomic E-state index is -0.0427. The first kappa shape index (κ1) is 19.6. The predicted octanol–water partition coefficient (Wildman–Crippen LogP) is 2.63. The maximum Gasteiger partial charge on any atom is 0.263 e. The molecule has 6 nitrogen and oxygen atoms in total. The number of rotatable bonds is 3. The Hall–Kier alpha value is -2.38. The molecule has 5 rings (SSSR count). The lowest BCUT2D eigenvalue weighted by atomic mass is 9.91. The van der Waals surface area contributed by atoms with Crippen molar-refractivity contribution in [2.75, 3.05) is 36.8 Å². The van der Waals surface area contributed by atoms with E-state index in [1.807, 2.05) is 6.20 Å². The maximum absolute atomic E-state index is 13.0. The van der Waals surface area contributed by atoms with Crippen molar-refractivity contribution in [1.82, 2.24) is 15.6 Å². The lowest BCUT2D eigenvalue weighted by Crippen LogP contribution is -2.43. The third kappa shape index (κ3) is 3.72. The Morgan fingerprint density at radius 2 is 2.17 bits per heavy atom. The number of amides is 1. The molecule has 30 heavy (non-hydrogen) atoms. The summed E-state index contributed by atoms with van der Waals surface area (Å²) in [6, 6.07) is 2.40. The molecule has 0 bridgehead atoms. The number of aryl methyl sites for hydroxylation is 1. The van der Waals surface area contributed by atoms with Crippen LogP contribution in [0.3, 0.4) is 0 Å². The Morgan fingerprint density at radius 3 is 3.00 bits per heavy atom. The molecule has 0 aromatic carbocycles. The van der Waals surface area contributed by atoms with Crippen molar-refractivity contribution in [1.29, 1.82) is 0 Å². The third-order valence-electron chi connectivity index (χ3n) is 6.43. The Bertz CT molecular complexity index is 992. The van der Waals surface area contributed by atoms with E-state index in [2.05, 4.69) is 40.7 Å².